The number of hydrogen-bond acceptors (Lipinski definition) is 1. The van der Waals surface area contributed by atoms with Crippen LogP contribution in [0.2, 0.25) is 0 Å². The van der Waals surface area contributed by atoms with Crippen LogP contribution in [0, 0.1) is 5.92 Å². The molecule has 0 aromatic heterocycles. The second-order valence-electron chi connectivity index (χ2n) is 5.42. The van der Waals surface area contributed by atoms with E-state index in [0.717, 1.165) is 17.1 Å². The van der Waals surface area contributed by atoms with Crippen molar-refractivity contribution in [3.8, 4) is 0 Å². The first-order valence-electron chi connectivity index (χ1n) is 6.40. The Morgan fingerprint density at radius 1 is 1.13 bits per heavy atom. The van der Waals surface area contributed by atoms with E-state index in [1.165, 1.54) is 51.5 Å². The number of nitrogens with one attached hydrogen (secondary N) is 1. The van der Waals surface area contributed by atoms with Gasteiger partial charge in [0, 0.05) is 18.6 Å². The zero-order valence-corrected chi connectivity index (χ0v) is 10.1. The minimum atomic E-state index is 0.677. The molecule has 2 bridgehead atoms. The number of thiocarbonyl (C=S) groups is 1. The molecule has 0 radical (unpaired) electrons. The highest BCUT2D eigenvalue weighted by atomic mass is 32.1. The second kappa shape index (κ2) is 3.93. The van der Waals surface area contributed by atoms with Crippen molar-refractivity contribution in [1.29, 1.82) is 0 Å². The standard InChI is InChI=1S/C12H20N2S/c15-12(13-10-3-1-2-4-10)14-8-9-5-6-11(14)7-9/h9-11H,1-8H2,(H,13,15). The van der Waals surface area contributed by atoms with Crippen LogP contribution in [-0.4, -0.2) is 28.6 Å². The van der Waals surface area contributed by atoms with E-state index in [2.05, 4.69) is 10.2 Å². The summed E-state index contributed by atoms with van der Waals surface area (Å²) in [5.41, 5.74) is 0. The smallest absolute Gasteiger partial charge is 0.169 e. The molecule has 2 saturated carbocycles. The lowest BCUT2D eigenvalue weighted by molar-refractivity contribution is 0.319. The third-order valence-corrected chi connectivity index (χ3v) is 4.71. The maximum absolute atomic E-state index is 5.53. The van der Waals surface area contributed by atoms with E-state index in [1.807, 2.05) is 0 Å². The third kappa shape index (κ3) is 1.86. The van der Waals surface area contributed by atoms with Gasteiger partial charge in [0.15, 0.2) is 5.11 Å². The first-order valence-corrected chi connectivity index (χ1v) is 6.81. The minimum Gasteiger partial charge on any atom is -0.360 e. The van der Waals surface area contributed by atoms with Crippen molar-refractivity contribution in [2.45, 2.75) is 57.0 Å². The molecule has 3 aliphatic rings. The number of hydrogen-bond donors (Lipinski definition) is 1. The lowest BCUT2D eigenvalue weighted by Crippen LogP contribution is -2.47. The van der Waals surface area contributed by atoms with Gasteiger partial charge in [-0.05, 0) is 50.2 Å². The van der Waals surface area contributed by atoms with Crippen molar-refractivity contribution in [2.24, 2.45) is 5.92 Å². The van der Waals surface area contributed by atoms with Crippen molar-refractivity contribution < 1.29 is 0 Å². The molecule has 3 rings (SSSR count). The number of rotatable bonds is 1. The van der Waals surface area contributed by atoms with E-state index < -0.39 is 0 Å². The summed E-state index contributed by atoms with van der Waals surface area (Å²) >= 11 is 5.53. The minimum absolute atomic E-state index is 0.677. The summed E-state index contributed by atoms with van der Waals surface area (Å²) in [7, 11) is 0. The lowest BCUT2D eigenvalue weighted by Gasteiger charge is -2.31. The first kappa shape index (κ1) is 9.88. The van der Waals surface area contributed by atoms with Gasteiger partial charge in [-0.1, -0.05) is 12.8 Å². The zero-order chi connectivity index (χ0) is 10.3. The summed E-state index contributed by atoms with van der Waals surface area (Å²) in [5, 5.41) is 4.61. The molecule has 0 aromatic carbocycles. The van der Waals surface area contributed by atoms with Crippen molar-refractivity contribution in [3.63, 3.8) is 0 Å². The maximum Gasteiger partial charge on any atom is 0.169 e. The normalized spacial score (nSPS) is 35.1. The Morgan fingerprint density at radius 2 is 1.93 bits per heavy atom. The summed E-state index contributed by atoms with van der Waals surface area (Å²) in [5.74, 6) is 0.943. The van der Waals surface area contributed by atoms with E-state index in [0.29, 0.717) is 6.04 Å². The highest BCUT2D eigenvalue weighted by Crippen LogP contribution is 2.37. The van der Waals surface area contributed by atoms with Crippen LogP contribution >= 0.6 is 12.2 Å². The average molecular weight is 224 g/mol. The van der Waals surface area contributed by atoms with Crippen LogP contribution in [0.4, 0.5) is 0 Å². The molecule has 2 atom stereocenters. The fourth-order valence-electron chi connectivity index (χ4n) is 3.50. The van der Waals surface area contributed by atoms with Crippen molar-refractivity contribution in [1.82, 2.24) is 10.2 Å². The molecule has 0 aromatic rings. The van der Waals surface area contributed by atoms with E-state index in [9.17, 15) is 0 Å². The lowest BCUT2D eigenvalue weighted by atomic mass is 10.1. The Hall–Kier alpha value is -0.310. The summed E-state index contributed by atoms with van der Waals surface area (Å²) in [4.78, 5) is 2.46. The van der Waals surface area contributed by atoms with Crippen molar-refractivity contribution in [3.05, 3.63) is 0 Å². The van der Waals surface area contributed by atoms with Crippen LogP contribution in [0.3, 0.4) is 0 Å². The topological polar surface area (TPSA) is 15.3 Å². The van der Waals surface area contributed by atoms with E-state index in [1.54, 1.807) is 0 Å². The van der Waals surface area contributed by atoms with E-state index in [-0.39, 0.29) is 0 Å². The molecule has 0 spiro atoms. The Bertz CT molecular complexity index is 260. The SMILES string of the molecule is S=C(NC1CCCC1)N1CC2CCC1C2. The van der Waals surface area contributed by atoms with Gasteiger partial charge in [-0.3, -0.25) is 0 Å². The molecule has 3 fully saturated rings. The van der Waals surface area contributed by atoms with Crippen LogP contribution in [0.1, 0.15) is 44.9 Å². The fourth-order valence-corrected chi connectivity index (χ4v) is 3.89. The third-order valence-electron chi connectivity index (χ3n) is 4.35. The molecule has 1 N–H and O–H groups in total. The Balaban J connectivity index is 1.56. The molecular weight excluding hydrogens is 204 g/mol. The second-order valence-corrected chi connectivity index (χ2v) is 5.80. The summed E-state index contributed by atoms with van der Waals surface area (Å²) < 4.78 is 0. The Labute approximate surface area is 97.4 Å². The van der Waals surface area contributed by atoms with Crippen LogP contribution in [0.5, 0.6) is 0 Å². The predicted octanol–water partition coefficient (Wildman–Crippen LogP) is 2.29. The fraction of sp³-hybridized carbons (Fsp3) is 0.917. The summed E-state index contributed by atoms with van der Waals surface area (Å²) in [6, 6.07) is 1.45. The largest absolute Gasteiger partial charge is 0.360 e. The van der Waals surface area contributed by atoms with Crippen molar-refractivity contribution >= 4 is 17.3 Å². The van der Waals surface area contributed by atoms with E-state index >= 15 is 0 Å². The van der Waals surface area contributed by atoms with Gasteiger partial charge in [0.2, 0.25) is 0 Å². The molecule has 2 unspecified atom stereocenters. The maximum atomic E-state index is 5.53. The first-order chi connectivity index (χ1) is 7.33. The molecule has 2 nitrogen and oxygen atoms in total. The highest BCUT2D eigenvalue weighted by molar-refractivity contribution is 7.80. The quantitative estimate of drug-likeness (QED) is 0.688. The monoisotopic (exact) mass is 224 g/mol. The molecule has 15 heavy (non-hydrogen) atoms. The molecular formula is C12H20N2S. The van der Waals surface area contributed by atoms with Crippen molar-refractivity contribution in [2.75, 3.05) is 6.54 Å². The molecule has 0 amide bonds. The van der Waals surface area contributed by atoms with Gasteiger partial charge >= 0.3 is 0 Å². The Kier molecular flexibility index (Phi) is 2.59. The Morgan fingerprint density at radius 3 is 2.53 bits per heavy atom. The molecule has 3 heteroatoms. The van der Waals surface area contributed by atoms with Gasteiger partial charge in [-0.15, -0.1) is 0 Å². The van der Waals surface area contributed by atoms with Gasteiger partial charge in [-0.25, -0.2) is 0 Å². The zero-order valence-electron chi connectivity index (χ0n) is 9.24. The highest BCUT2D eigenvalue weighted by Gasteiger charge is 2.39. The summed E-state index contributed by atoms with van der Waals surface area (Å²) in [6.45, 7) is 1.23. The van der Waals surface area contributed by atoms with Crippen LogP contribution in [-0.2, 0) is 0 Å². The van der Waals surface area contributed by atoms with Gasteiger partial charge in [0.05, 0.1) is 0 Å². The van der Waals surface area contributed by atoms with Crippen LogP contribution in [0.25, 0.3) is 0 Å². The molecule has 2 aliphatic carbocycles. The van der Waals surface area contributed by atoms with Crippen LogP contribution in [0.15, 0.2) is 0 Å². The number of nitrogens with zero attached hydrogens (tertiary/aromatic N) is 1. The number of piperidine rings is 1. The molecule has 1 aliphatic heterocycles. The number of fused-ring (bicyclic) bond motifs is 2. The summed E-state index contributed by atoms with van der Waals surface area (Å²) in [6.07, 6.45) is 9.61. The van der Waals surface area contributed by atoms with Gasteiger partial charge in [0.1, 0.15) is 0 Å². The van der Waals surface area contributed by atoms with Crippen LogP contribution < -0.4 is 5.32 Å². The number of likely N-dealkylation sites (tertiary alicyclic amines) is 1. The molecule has 1 saturated heterocycles. The van der Waals surface area contributed by atoms with Gasteiger partial charge in [-0.2, -0.15) is 0 Å². The molecule has 1 heterocycles. The molecule has 84 valence electrons. The van der Waals surface area contributed by atoms with Gasteiger partial charge in [0.25, 0.3) is 0 Å². The van der Waals surface area contributed by atoms with E-state index in [4.69, 9.17) is 12.2 Å². The van der Waals surface area contributed by atoms with Gasteiger partial charge < -0.3 is 10.2 Å². The average Bonchev–Trinajstić information content (AvgIpc) is 2.93. The predicted molar refractivity (Wildman–Crippen MR) is 65.8 cm³/mol.